The van der Waals surface area contributed by atoms with Crippen molar-refractivity contribution < 1.29 is 46.8 Å². The number of hydrogen-bond acceptors (Lipinski definition) is 10. The van der Waals surface area contributed by atoms with Crippen LogP contribution in [0.25, 0.3) is 0 Å². The molecule has 0 radical (unpaired) electrons. The first-order valence-electron chi connectivity index (χ1n) is 10.2. The van der Waals surface area contributed by atoms with Gasteiger partial charge >= 0.3 is 6.18 Å². The summed E-state index contributed by atoms with van der Waals surface area (Å²) < 4.78 is 135. The van der Waals surface area contributed by atoms with Gasteiger partial charge in [-0.3, -0.25) is 0 Å². The van der Waals surface area contributed by atoms with E-state index in [-0.39, 0.29) is 28.0 Å². The summed E-state index contributed by atoms with van der Waals surface area (Å²) in [5.74, 6) is 0. The predicted octanol–water partition coefficient (Wildman–Crippen LogP) is 0.441. The Balaban J connectivity index is 0.000000216. The summed E-state index contributed by atoms with van der Waals surface area (Å²) in [7, 11) is -16.7. The molecule has 4 rings (SSSR count). The molecular weight excluding hydrogens is 637 g/mol. The highest BCUT2D eigenvalue weighted by Gasteiger charge is 2.39. The number of nitrogens with two attached hydrogens (primary N) is 2. The minimum atomic E-state index is -4.99. The molecule has 0 bridgehead atoms. The maximum atomic E-state index is 12.8. The number of nitrogens with one attached hydrogen (secondary N) is 4. The van der Waals surface area contributed by atoms with Crippen LogP contribution >= 0.6 is 11.6 Å². The van der Waals surface area contributed by atoms with Crippen molar-refractivity contribution in [1.82, 2.24) is 9.44 Å². The van der Waals surface area contributed by atoms with E-state index in [1.54, 1.807) is 6.92 Å². The van der Waals surface area contributed by atoms with Gasteiger partial charge in [0.1, 0.15) is 14.7 Å². The molecule has 2 aliphatic rings. The van der Waals surface area contributed by atoms with Crippen molar-refractivity contribution >= 4 is 63.1 Å². The van der Waals surface area contributed by atoms with Crippen LogP contribution in [0.1, 0.15) is 18.9 Å². The van der Waals surface area contributed by atoms with Gasteiger partial charge in [0.25, 0.3) is 0 Å². The molecule has 2 heterocycles. The third kappa shape index (κ3) is 6.74. The number of sulfonamides is 4. The van der Waals surface area contributed by atoms with Gasteiger partial charge in [-0.2, -0.15) is 22.6 Å². The van der Waals surface area contributed by atoms with Gasteiger partial charge in [-0.25, -0.2) is 43.9 Å². The van der Waals surface area contributed by atoms with E-state index in [0.29, 0.717) is 18.6 Å². The van der Waals surface area contributed by atoms with Gasteiger partial charge in [0.15, 0.2) is 0 Å². The molecule has 14 nitrogen and oxygen atoms in total. The van der Waals surface area contributed by atoms with Crippen molar-refractivity contribution in [2.75, 3.05) is 17.3 Å². The van der Waals surface area contributed by atoms with Gasteiger partial charge in [0.2, 0.25) is 40.1 Å². The SMILES string of the molecule is CCC1Nc2cc(Cl)c(S(N)(=O)=O)cc2S(=O)(=O)N1.NS(=O)(=O)c1cc2c(cc1C(F)(F)F)NCNS2(=O)=O. The summed E-state index contributed by atoms with van der Waals surface area (Å²) in [6.45, 7) is 1.49. The largest absolute Gasteiger partial charge is 0.417 e. The molecule has 0 fully saturated rings. The number of fused-ring (bicyclic) bond motifs is 2. The first kappa shape index (κ1) is 31.3. The molecule has 0 saturated heterocycles. The van der Waals surface area contributed by atoms with E-state index in [4.69, 9.17) is 21.9 Å². The molecule has 2 aromatic rings. The molecule has 0 aromatic heterocycles. The van der Waals surface area contributed by atoms with Crippen LogP contribution in [0.3, 0.4) is 0 Å². The zero-order valence-electron chi connectivity index (χ0n) is 19.4. The highest BCUT2D eigenvalue weighted by Crippen LogP contribution is 2.39. The summed E-state index contributed by atoms with van der Waals surface area (Å²) in [4.78, 5) is -2.51. The fourth-order valence-electron chi connectivity index (χ4n) is 3.42. The quantitative estimate of drug-likeness (QED) is 0.266. The van der Waals surface area contributed by atoms with Crippen molar-refractivity contribution in [2.45, 2.75) is 45.3 Å². The normalized spacial score (nSPS) is 19.8. The Kier molecular flexibility index (Phi) is 8.27. The predicted molar refractivity (Wildman–Crippen MR) is 132 cm³/mol. The molecule has 2 aliphatic heterocycles. The number of halogens is 4. The summed E-state index contributed by atoms with van der Waals surface area (Å²) in [5, 5.41) is 14.9. The average Bonchev–Trinajstić information content (AvgIpc) is 2.75. The zero-order chi connectivity index (χ0) is 29.8. The Hall–Kier alpha value is -2.24. The second kappa shape index (κ2) is 10.3. The van der Waals surface area contributed by atoms with Gasteiger partial charge < -0.3 is 10.6 Å². The second-order valence-electron chi connectivity index (χ2n) is 7.94. The van der Waals surface area contributed by atoms with Crippen LogP contribution in [0, 0.1) is 0 Å². The van der Waals surface area contributed by atoms with E-state index in [1.165, 1.54) is 6.07 Å². The van der Waals surface area contributed by atoms with Crippen molar-refractivity contribution in [2.24, 2.45) is 10.3 Å². The molecule has 1 atom stereocenters. The molecule has 8 N–H and O–H groups in total. The van der Waals surface area contributed by atoms with Gasteiger partial charge in [0.05, 0.1) is 39.7 Å². The zero-order valence-corrected chi connectivity index (χ0v) is 23.4. The average molecular weight is 657 g/mol. The molecule has 218 valence electrons. The Morgan fingerprint density at radius 1 is 0.923 bits per heavy atom. The molecule has 0 amide bonds. The third-order valence-corrected chi connectivity index (χ3v) is 10.5. The van der Waals surface area contributed by atoms with Crippen molar-refractivity contribution in [3.8, 4) is 0 Å². The Bertz CT molecular complexity index is 1770. The van der Waals surface area contributed by atoms with Crippen LogP contribution in [-0.2, 0) is 46.3 Å². The lowest BCUT2D eigenvalue weighted by Crippen LogP contribution is -2.44. The number of anilines is 2. The number of hydrogen-bond donors (Lipinski definition) is 6. The number of alkyl halides is 3. The van der Waals surface area contributed by atoms with Gasteiger partial charge in [-0.1, -0.05) is 18.5 Å². The summed E-state index contributed by atoms with van der Waals surface area (Å²) >= 11 is 5.82. The van der Waals surface area contributed by atoms with Crippen molar-refractivity contribution in [1.29, 1.82) is 0 Å². The third-order valence-electron chi connectivity index (χ3n) is 5.19. The number of benzene rings is 2. The van der Waals surface area contributed by atoms with Crippen LogP contribution in [0.2, 0.25) is 5.02 Å². The first-order chi connectivity index (χ1) is 17.6. The molecule has 2 aromatic carbocycles. The van der Waals surface area contributed by atoms with Crippen molar-refractivity contribution in [3.63, 3.8) is 0 Å². The maximum absolute atomic E-state index is 12.8. The van der Waals surface area contributed by atoms with E-state index in [2.05, 4.69) is 15.4 Å². The molecule has 22 heteroatoms. The van der Waals surface area contributed by atoms with Crippen molar-refractivity contribution in [3.05, 3.63) is 34.9 Å². The van der Waals surface area contributed by atoms with Crippen LogP contribution in [-0.4, -0.2) is 46.5 Å². The molecule has 0 aliphatic carbocycles. The summed E-state index contributed by atoms with van der Waals surface area (Å²) in [5.41, 5.74) is -1.62. The fourth-order valence-corrected chi connectivity index (χ4v) is 7.95. The lowest BCUT2D eigenvalue weighted by molar-refractivity contribution is -0.139. The lowest BCUT2D eigenvalue weighted by atomic mass is 10.2. The number of primary sulfonamides is 2. The van der Waals surface area contributed by atoms with Crippen LogP contribution < -0.4 is 30.4 Å². The Labute approximate surface area is 226 Å². The topological polar surface area (TPSA) is 237 Å². The smallest absolute Gasteiger partial charge is 0.370 e. The molecule has 0 saturated carbocycles. The second-order valence-corrected chi connectivity index (χ2v) is 14.8. The minimum absolute atomic E-state index is 0.124. The highest BCUT2D eigenvalue weighted by atomic mass is 35.5. The van der Waals surface area contributed by atoms with E-state index in [1.807, 2.05) is 4.72 Å². The number of rotatable bonds is 3. The summed E-state index contributed by atoms with van der Waals surface area (Å²) in [6.07, 6.45) is -4.94. The van der Waals surface area contributed by atoms with Crippen LogP contribution in [0.5, 0.6) is 0 Å². The highest BCUT2D eigenvalue weighted by molar-refractivity contribution is 7.91. The maximum Gasteiger partial charge on any atom is 0.417 e. The Morgan fingerprint density at radius 3 is 1.97 bits per heavy atom. The summed E-state index contributed by atoms with van der Waals surface area (Å²) in [6, 6.07) is 3.00. The molecular formula is C17H20ClF3N6O8S4. The monoisotopic (exact) mass is 656 g/mol. The van der Waals surface area contributed by atoms with Gasteiger partial charge in [-0.15, -0.1) is 0 Å². The lowest BCUT2D eigenvalue weighted by Gasteiger charge is -2.27. The fraction of sp³-hybridized carbons (Fsp3) is 0.294. The van der Waals surface area contributed by atoms with Crippen LogP contribution in [0.4, 0.5) is 24.5 Å². The molecule has 39 heavy (non-hydrogen) atoms. The van der Waals surface area contributed by atoms with Gasteiger partial charge in [0, 0.05) is 0 Å². The Morgan fingerprint density at radius 2 is 1.46 bits per heavy atom. The van der Waals surface area contributed by atoms with Crippen LogP contribution in [0.15, 0.2) is 43.8 Å². The van der Waals surface area contributed by atoms with E-state index in [0.717, 1.165) is 6.07 Å². The van der Waals surface area contributed by atoms with E-state index < -0.39 is 72.7 Å². The molecule has 0 spiro atoms. The van der Waals surface area contributed by atoms with E-state index >= 15 is 0 Å². The molecule has 1 unspecified atom stereocenters. The minimum Gasteiger partial charge on any atom is -0.370 e. The van der Waals surface area contributed by atoms with E-state index in [9.17, 15) is 46.8 Å². The van der Waals surface area contributed by atoms with Gasteiger partial charge in [-0.05, 0) is 30.7 Å². The first-order valence-corrected chi connectivity index (χ1v) is 16.7. The standard InChI is InChI=1S/C9H12ClN3O4S2.C8H8F3N3O4S2/c1-2-9-12-6-3-5(10)7(18(11,14)15)4-8(6)19(16,17)13-9;9-8(10,11)4-1-5-7(2-6(4)19(12,15)16)20(17,18)14-3-13-5/h3-4,9,12-13H,2H2,1H3,(H2,11,14,15);1-2,13-14H,3H2,(H2,12,15,16).